The predicted octanol–water partition coefficient (Wildman–Crippen LogP) is 9.64. The normalized spacial score (nSPS) is 12.5. The molecule has 0 unspecified atom stereocenters. The Balaban J connectivity index is 0.000000284. The third-order valence-electron chi connectivity index (χ3n) is 9.77. The maximum Gasteiger partial charge on any atom is 0.354 e. The molecule has 6 heteroatoms. The van der Waals surface area contributed by atoms with Gasteiger partial charge in [-0.2, -0.15) is 0 Å². The molecule has 0 saturated carbocycles. The molecule has 7 rings (SSSR count). The summed E-state index contributed by atoms with van der Waals surface area (Å²) in [7, 11) is 2.16. The van der Waals surface area contributed by atoms with Crippen molar-refractivity contribution in [2.45, 2.75) is 47.0 Å². The first-order valence-electron chi connectivity index (χ1n) is 16.2. The van der Waals surface area contributed by atoms with Gasteiger partial charge in [-0.05, 0) is 98.4 Å². The summed E-state index contributed by atoms with van der Waals surface area (Å²) in [6.45, 7) is 11.8. The maximum absolute atomic E-state index is 10.8. The molecule has 5 nitrogen and oxygen atoms in total. The number of benzene rings is 4. The van der Waals surface area contributed by atoms with Crippen LogP contribution in [-0.2, 0) is 25.5 Å². The van der Waals surface area contributed by atoms with Crippen molar-refractivity contribution in [2.24, 2.45) is 0 Å². The number of aryl methyl sites for hydroxylation is 3. The summed E-state index contributed by atoms with van der Waals surface area (Å²) in [5, 5.41) is 8.84. The Morgan fingerprint density at radius 1 is 0.714 bits per heavy atom. The van der Waals surface area contributed by atoms with Gasteiger partial charge in [-0.25, -0.2) is 9.78 Å². The molecule has 0 aliphatic carbocycles. The van der Waals surface area contributed by atoms with Crippen molar-refractivity contribution in [3.8, 4) is 11.3 Å². The van der Waals surface area contributed by atoms with Gasteiger partial charge >= 0.3 is 5.97 Å². The smallest absolute Gasteiger partial charge is 0.354 e. The van der Waals surface area contributed by atoms with Gasteiger partial charge in [0.1, 0.15) is 0 Å². The number of nitrogens with zero attached hydrogens (tertiary/aromatic N) is 3. The van der Waals surface area contributed by atoms with Crippen LogP contribution < -0.4 is 4.90 Å². The van der Waals surface area contributed by atoms with E-state index < -0.39 is 11.4 Å². The first-order valence-corrected chi connectivity index (χ1v) is 16.2. The SMILES string of the molecule is Cc1ccc(C2(c3ccc(C)cc3)c3ccccc3N(C)c3c(-c4ccccn4)[c-]ccc32)cc1.Cc1nc(C(=O)O)c(C)c(C)c1C.[Ir]. The average Bonchev–Trinajstić information content (AvgIpc) is 3.11. The monoisotopic (exact) mass is 823 g/mol. The van der Waals surface area contributed by atoms with E-state index in [1.54, 1.807) is 6.92 Å². The van der Waals surface area contributed by atoms with E-state index >= 15 is 0 Å². The summed E-state index contributed by atoms with van der Waals surface area (Å²) in [6, 6.07) is 40.7. The Labute approximate surface area is 303 Å². The van der Waals surface area contributed by atoms with Crippen molar-refractivity contribution in [3.05, 3.63) is 177 Å². The van der Waals surface area contributed by atoms with E-state index in [2.05, 4.69) is 128 Å². The Kier molecular flexibility index (Phi) is 10.3. The van der Waals surface area contributed by atoms with Crippen LogP contribution in [0, 0.1) is 47.6 Å². The summed E-state index contributed by atoms with van der Waals surface area (Å²) in [6.07, 6.45) is 1.85. The number of anilines is 2. The quantitative estimate of drug-likeness (QED) is 0.180. The Hall–Kier alpha value is -4.90. The van der Waals surface area contributed by atoms with Crippen LogP contribution >= 0.6 is 0 Å². The summed E-state index contributed by atoms with van der Waals surface area (Å²) >= 11 is 0. The number of aromatic nitrogens is 2. The number of pyridine rings is 2. The van der Waals surface area contributed by atoms with Gasteiger partial charge in [0, 0.05) is 44.7 Å². The maximum atomic E-state index is 10.8. The van der Waals surface area contributed by atoms with E-state index in [1.807, 2.05) is 39.1 Å². The van der Waals surface area contributed by atoms with Gasteiger partial charge in [-0.1, -0.05) is 95.6 Å². The average molecular weight is 823 g/mol. The van der Waals surface area contributed by atoms with Crippen molar-refractivity contribution in [3.63, 3.8) is 0 Å². The zero-order valence-corrected chi connectivity index (χ0v) is 31.3. The standard InChI is InChI=1S/C33H27N2.C10H13NO2.Ir/c1-23-14-18-25(19-15-23)33(26-20-16-24(2)17-21-26)28-10-4-5-13-31(28)35(3)32-27(9-8-11-29(32)33)30-12-6-7-22-34-30;1-5-6(2)8(4)11-9(7(5)3)10(12)13;/h4-8,10-22H,1-3H3;1-4H3,(H,12,13);/q-1;;. The zero-order valence-electron chi connectivity index (χ0n) is 28.9. The molecule has 4 aromatic carbocycles. The fourth-order valence-electron chi connectivity index (χ4n) is 6.87. The third kappa shape index (κ3) is 6.23. The van der Waals surface area contributed by atoms with E-state index in [4.69, 9.17) is 10.1 Å². The number of carboxylic acids is 1. The zero-order chi connectivity index (χ0) is 34.2. The fraction of sp³-hybridized carbons (Fsp3) is 0.186. The number of carboxylic acid groups (broad SMARTS) is 1. The van der Waals surface area contributed by atoms with Gasteiger partial charge < -0.3 is 15.0 Å². The van der Waals surface area contributed by atoms with Gasteiger partial charge in [0.15, 0.2) is 5.69 Å². The Morgan fingerprint density at radius 3 is 1.88 bits per heavy atom. The molecule has 3 heterocycles. The van der Waals surface area contributed by atoms with Gasteiger partial charge in [-0.15, -0.1) is 23.8 Å². The molecule has 0 amide bonds. The van der Waals surface area contributed by atoms with Gasteiger partial charge in [0.05, 0.1) is 5.41 Å². The first kappa shape index (κ1) is 35.4. The van der Waals surface area contributed by atoms with Gasteiger partial charge in [-0.3, -0.25) is 0 Å². The number of hydrogen-bond acceptors (Lipinski definition) is 4. The Morgan fingerprint density at radius 2 is 1.31 bits per heavy atom. The largest absolute Gasteiger partial charge is 0.477 e. The number of fused-ring (bicyclic) bond motifs is 2. The molecule has 0 saturated heterocycles. The van der Waals surface area contributed by atoms with Crippen molar-refractivity contribution in [2.75, 3.05) is 11.9 Å². The van der Waals surface area contributed by atoms with Crippen molar-refractivity contribution in [1.29, 1.82) is 0 Å². The van der Waals surface area contributed by atoms with Crippen LogP contribution in [0.3, 0.4) is 0 Å². The molecule has 0 fully saturated rings. The second-order valence-corrected chi connectivity index (χ2v) is 12.6. The number of hydrogen-bond donors (Lipinski definition) is 1. The molecule has 49 heavy (non-hydrogen) atoms. The van der Waals surface area contributed by atoms with Crippen LogP contribution in [0.15, 0.2) is 109 Å². The van der Waals surface area contributed by atoms with E-state index in [1.165, 1.54) is 39.1 Å². The van der Waals surface area contributed by atoms with Gasteiger partial charge in [0.25, 0.3) is 0 Å². The van der Waals surface area contributed by atoms with Crippen LogP contribution in [0.5, 0.6) is 0 Å². The fourth-order valence-corrected chi connectivity index (χ4v) is 6.87. The molecule has 2 aromatic heterocycles. The van der Waals surface area contributed by atoms with Crippen molar-refractivity contribution in [1.82, 2.24) is 9.97 Å². The summed E-state index contributed by atoms with van der Waals surface area (Å²) in [5.41, 5.74) is 15.2. The van der Waals surface area contributed by atoms with E-state index in [9.17, 15) is 4.79 Å². The van der Waals surface area contributed by atoms with Crippen LogP contribution in [0.4, 0.5) is 11.4 Å². The number of carbonyl (C=O) groups is 1. The number of para-hydroxylation sites is 1. The summed E-state index contributed by atoms with van der Waals surface area (Å²) < 4.78 is 0. The molecule has 0 bridgehead atoms. The van der Waals surface area contributed by atoms with Crippen LogP contribution in [-0.4, -0.2) is 28.1 Å². The van der Waals surface area contributed by atoms with Crippen molar-refractivity contribution < 1.29 is 30.0 Å². The molecule has 249 valence electrons. The molecule has 1 N–H and O–H groups in total. The van der Waals surface area contributed by atoms with Gasteiger partial charge in [0.2, 0.25) is 0 Å². The number of rotatable bonds is 4. The van der Waals surface area contributed by atoms with Crippen LogP contribution in [0.25, 0.3) is 11.3 Å². The minimum Gasteiger partial charge on any atom is -0.477 e. The Bertz CT molecular complexity index is 2080. The molecule has 1 aliphatic heterocycles. The second kappa shape index (κ2) is 14.3. The molecule has 1 aliphatic rings. The van der Waals surface area contributed by atoms with Crippen molar-refractivity contribution >= 4 is 17.3 Å². The minimum atomic E-state index is -0.955. The topological polar surface area (TPSA) is 66.3 Å². The van der Waals surface area contributed by atoms with Crippen LogP contribution in [0.2, 0.25) is 0 Å². The molecule has 0 spiro atoms. The third-order valence-corrected chi connectivity index (χ3v) is 9.77. The number of aromatic carboxylic acids is 1. The molecule has 1 radical (unpaired) electrons. The summed E-state index contributed by atoms with van der Waals surface area (Å²) in [5.74, 6) is -0.955. The molecular formula is C43H40IrN3O2-. The second-order valence-electron chi connectivity index (χ2n) is 12.6. The summed E-state index contributed by atoms with van der Waals surface area (Å²) in [4.78, 5) is 21.8. The predicted molar refractivity (Wildman–Crippen MR) is 195 cm³/mol. The first-order chi connectivity index (χ1) is 23.0. The minimum absolute atomic E-state index is 0. The molecule has 6 aromatic rings. The van der Waals surface area contributed by atoms with Crippen LogP contribution in [0.1, 0.15) is 66.3 Å². The van der Waals surface area contributed by atoms with E-state index in [0.717, 1.165) is 39.3 Å². The van der Waals surface area contributed by atoms with E-state index in [0.29, 0.717) is 0 Å². The molecular weight excluding hydrogens is 783 g/mol. The molecule has 0 atom stereocenters. The van der Waals surface area contributed by atoms with E-state index in [-0.39, 0.29) is 25.8 Å².